The van der Waals surface area contributed by atoms with Crippen LogP contribution >= 0.6 is 12.4 Å². The number of halogens is 1. The van der Waals surface area contributed by atoms with Crippen LogP contribution in [0.2, 0.25) is 0 Å². The van der Waals surface area contributed by atoms with Crippen molar-refractivity contribution < 1.29 is 4.79 Å². The summed E-state index contributed by atoms with van der Waals surface area (Å²) in [6, 6.07) is 0.333. The lowest BCUT2D eigenvalue weighted by Gasteiger charge is -2.32. The zero-order chi connectivity index (χ0) is 13.7. The van der Waals surface area contributed by atoms with E-state index >= 15 is 0 Å². The van der Waals surface area contributed by atoms with E-state index in [9.17, 15) is 4.79 Å². The minimum Gasteiger partial charge on any atom is -0.352 e. The molecule has 0 bridgehead atoms. The predicted octanol–water partition coefficient (Wildman–Crippen LogP) is 3.13. The van der Waals surface area contributed by atoms with Crippen molar-refractivity contribution in [3.05, 3.63) is 0 Å². The monoisotopic (exact) mass is 302 g/mol. The van der Waals surface area contributed by atoms with Crippen molar-refractivity contribution >= 4 is 18.3 Å². The Kier molecular flexibility index (Phi) is 7.90. The molecule has 0 radical (unpaired) electrons. The highest BCUT2D eigenvalue weighted by molar-refractivity contribution is 5.85. The summed E-state index contributed by atoms with van der Waals surface area (Å²) in [7, 11) is 0. The first-order chi connectivity index (χ1) is 9.16. The number of piperidine rings is 1. The quantitative estimate of drug-likeness (QED) is 0.838. The zero-order valence-electron chi connectivity index (χ0n) is 13.0. The molecule has 1 aliphatic carbocycles. The van der Waals surface area contributed by atoms with Crippen LogP contribution in [0, 0.1) is 17.8 Å². The Morgan fingerprint density at radius 1 is 1.25 bits per heavy atom. The molecule has 2 aliphatic rings. The first kappa shape index (κ1) is 17.8. The molecular weight excluding hydrogens is 272 g/mol. The van der Waals surface area contributed by atoms with Crippen molar-refractivity contribution in [2.24, 2.45) is 17.8 Å². The minimum absolute atomic E-state index is 0. The van der Waals surface area contributed by atoms with E-state index in [0.29, 0.717) is 24.3 Å². The smallest absolute Gasteiger partial charge is 0.220 e. The summed E-state index contributed by atoms with van der Waals surface area (Å²) in [4.78, 5) is 12.2. The van der Waals surface area contributed by atoms with Crippen LogP contribution in [-0.4, -0.2) is 25.0 Å². The maximum absolute atomic E-state index is 12.2. The number of nitrogens with one attached hydrogen (secondary N) is 2. The van der Waals surface area contributed by atoms with E-state index in [0.717, 1.165) is 19.0 Å². The first-order valence-electron chi connectivity index (χ1n) is 8.17. The number of carbonyl (C=O) groups is 1. The van der Waals surface area contributed by atoms with Crippen LogP contribution in [0.5, 0.6) is 0 Å². The predicted molar refractivity (Wildman–Crippen MR) is 86.2 cm³/mol. The van der Waals surface area contributed by atoms with E-state index < -0.39 is 0 Å². The molecule has 1 amide bonds. The van der Waals surface area contributed by atoms with E-state index in [-0.39, 0.29) is 18.3 Å². The van der Waals surface area contributed by atoms with Gasteiger partial charge in [0.1, 0.15) is 0 Å². The first-order valence-corrected chi connectivity index (χ1v) is 8.17. The fourth-order valence-corrected chi connectivity index (χ4v) is 3.61. The highest BCUT2D eigenvalue weighted by Crippen LogP contribution is 2.31. The lowest BCUT2D eigenvalue weighted by molar-refractivity contribution is -0.123. The molecule has 118 valence electrons. The largest absolute Gasteiger partial charge is 0.352 e. The third-order valence-electron chi connectivity index (χ3n) is 5.14. The molecule has 2 rings (SSSR count). The molecule has 2 fully saturated rings. The number of hydrogen-bond acceptors (Lipinski definition) is 2. The highest BCUT2D eigenvalue weighted by atomic mass is 35.5. The third-order valence-corrected chi connectivity index (χ3v) is 5.14. The Balaban J connectivity index is 0.00000200. The lowest BCUT2D eigenvalue weighted by atomic mass is 9.79. The Hall–Kier alpha value is -0.280. The molecule has 2 N–H and O–H groups in total. The number of hydrogen-bond donors (Lipinski definition) is 2. The van der Waals surface area contributed by atoms with E-state index in [1.54, 1.807) is 0 Å². The molecule has 1 aliphatic heterocycles. The average molecular weight is 303 g/mol. The maximum Gasteiger partial charge on any atom is 0.220 e. The van der Waals surface area contributed by atoms with E-state index in [1.807, 2.05) is 0 Å². The van der Waals surface area contributed by atoms with Gasteiger partial charge in [0.25, 0.3) is 0 Å². The molecule has 1 saturated carbocycles. The van der Waals surface area contributed by atoms with Crippen molar-refractivity contribution in [1.29, 1.82) is 0 Å². The Morgan fingerprint density at radius 2 is 1.95 bits per heavy atom. The molecule has 20 heavy (non-hydrogen) atoms. The van der Waals surface area contributed by atoms with Crippen molar-refractivity contribution in [2.75, 3.05) is 13.1 Å². The summed E-state index contributed by atoms with van der Waals surface area (Å²) in [5.41, 5.74) is 0. The molecule has 4 heteroatoms. The molecule has 1 saturated heterocycles. The second-order valence-electron chi connectivity index (χ2n) is 6.72. The van der Waals surface area contributed by atoms with Crippen LogP contribution in [0.25, 0.3) is 0 Å². The molecule has 3 unspecified atom stereocenters. The molecule has 0 aromatic heterocycles. The second-order valence-corrected chi connectivity index (χ2v) is 6.72. The van der Waals surface area contributed by atoms with Gasteiger partial charge in [-0.3, -0.25) is 4.79 Å². The molecule has 0 spiro atoms. The lowest BCUT2D eigenvalue weighted by Crippen LogP contribution is -2.50. The summed E-state index contributed by atoms with van der Waals surface area (Å²) in [6.45, 7) is 6.53. The molecule has 3 atom stereocenters. The van der Waals surface area contributed by atoms with Crippen molar-refractivity contribution in [2.45, 2.75) is 64.8 Å². The topological polar surface area (TPSA) is 41.1 Å². The van der Waals surface area contributed by atoms with Crippen LogP contribution < -0.4 is 10.6 Å². The van der Waals surface area contributed by atoms with Gasteiger partial charge in [-0.05, 0) is 30.7 Å². The van der Waals surface area contributed by atoms with Gasteiger partial charge in [0, 0.05) is 19.0 Å². The van der Waals surface area contributed by atoms with Gasteiger partial charge in [-0.25, -0.2) is 0 Å². The summed E-state index contributed by atoms with van der Waals surface area (Å²) in [5.74, 6) is 2.20. The van der Waals surface area contributed by atoms with E-state index in [2.05, 4.69) is 24.5 Å². The summed E-state index contributed by atoms with van der Waals surface area (Å²) in [5, 5.41) is 6.61. The third kappa shape index (κ3) is 5.25. The van der Waals surface area contributed by atoms with Crippen molar-refractivity contribution in [1.82, 2.24) is 10.6 Å². The Bertz CT molecular complexity index is 292. The Morgan fingerprint density at radius 3 is 2.60 bits per heavy atom. The van der Waals surface area contributed by atoms with Gasteiger partial charge in [-0.15, -0.1) is 12.4 Å². The van der Waals surface area contributed by atoms with Crippen LogP contribution in [-0.2, 0) is 4.79 Å². The van der Waals surface area contributed by atoms with Crippen LogP contribution in [0.3, 0.4) is 0 Å². The Labute approximate surface area is 130 Å². The van der Waals surface area contributed by atoms with Gasteiger partial charge in [-0.1, -0.05) is 46.0 Å². The van der Waals surface area contributed by atoms with Gasteiger partial charge < -0.3 is 10.6 Å². The van der Waals surface area contributed by atoms with Gasteiger partial charge in [0.05, 0.1) is 0 Å². The van der Waals surface area contributed by atoms with Gasteiger partial charge in [0.15, 0.2) is 0 Å². The van der Waals surface area contributed by atoms with Crippen molar-refractivity contribution in [3.8, 4) is 0 Å². The van der Waals surface area contributed by atoms with Gasteiger partial charge in [0.2, 0.25) is 5.91 Å². The van der Waals surface area contributed by atoms with Crippen LogP contribution in [0.15, 0.2) is 0 Å². The maximum atomic E-state index is 12.2. The highest BCUT2D eigenvalue weighted by Gasteiger charge is 2.25. The number of carbonyl (C=O) groups excluding carboxylic acids is 1. The van der Waals surface area contributed by atoms with Crippen molar-refractivity contribution in [3.63, 3.8) is 0 Å². The summed E-state index contributed by atoms with van der Waals surface area (Å²) < 4.78 is 0. The van der Waals surface area contributed by atoms with Crippen LogP contribution in [0.4, 0.5) is 0 Å². The van der Waals surface area contributed by atoms with E-state index in [4.69, 9.17) is 0 Å². The average Bonchev–Trinajstić information content (AvgIpc) is 2.42. The fourth-order valence-electron chi connectivity index (χ4n) is 3.61. The van der Waals surface area contributed by atoms with Gasteiger partial charge in [-0.2, -0.15) is 0 Å². The normalized spacial score (nSPS) is 29.3. The summed E-state index contributed by atoms with van der Waals surface area (Å²) >= 11 is 0. The molecule has 3 nitrogen and oxygen atoms in total. The SMILES string of the molecule is CC(CC(=O)NC1CNCCC1C)C1CCCCC1.Cl. The zero-order valence-corrected chi connectivity index (χ0v) is 13.8. The molecule has 0 aromatic carbocycles. The molecular formula is C16H31ClN2O. The van der Waals surface area contributed by atoms with E-state index in [1.165, 1.54) is 38.5 Å². The molecule has 1 heterocycles. The fraction of sp³-hybridized carbons (Fsp3) is 0.938. The van der Waals surface area contributed by atoms with Gasteiger partial charge >= 0.3 is 0 Å². The minimum atomic E-state index is 0. The number of rotatable bonds is 4. The standard InChI is InChI=1S/C16H30N2O.ClH/c1-12-8-9-17-11-15(12)18-16(19)10-13(2)14-6-4-3-5-7-14;/h12-15,17H,3-11H2,1-2H3,(H,18,19);1H. The number of amides is 1. The van der Waals surface area contributed by atoms with Crippen LogP contribution in [0.1, 0.15) is 58.8 Å². The molecule has 0 aromatic rings. The summed E-state index contributed by atoms with van der Waals surface area (Å²) in [6.07, 6.45) is 8.66. The second kappa shape index (κ2) is 8.89.